The molecule has 66 heavy (non-hydrogen) atoms. The Balaban J connectivity index is 1.15. The molecule has 0 saturated carbocycles. The first-order valence-electron chi connectivity index (χ1n) is 23.0. The molecular weight excluding hydrogens is 797 g/mol. The Morgan fingerprint density at radius 3 is 1.61 bits per heavy atom. The Morgan fingerprint density at radius 1 is 0.379 bits per heavy atom. The number of para-hydroxylation sites is 4. The third kappa shape index (κ3) is 6.74. The standard InChI is InChI=1S/C64H46N2/c1-4-23-45(24-5-1)49-31-10-11-32-51(49)52-33-12-13-34-53(52)54-35-14-18-42-60(54)66(62-44-22-40-58-56-37-16-17-41-59(56)65(64(58)62)48-29-8-3-9-30-48)61-43-19-15-36-55(61)57-39-21-28-47-27-20-38-50(63(47)57)46-25-6-2-7-26-46/h1-42,44,61H,43H2. The summed E-state index contributed by atoms with van der Waals surface area (Å²) in [6, 6.07) is 88.7. The third-order valence-corrected chi connectivity index (χ3v) is 13.4. The third-order valence-electron chi connectivity index (χ3n) is 13.4. The fraction of sp³-hybridized carbons (Fsp3) is 0.0312. The van der Waals surface area contributed by atoms with Crippen molar-refractivity contribution in [2.24, 2.45) is 0 Å². The molecule has 0 N–H and O–H groups in total. The van der Waals surface area contributed by atoms with Crippen molar-refractivity contribution in [3.05, 3.63) is 266 Å². The molecule has 2 heteroatoms. The van der Waals surface area contributed by atoms with E-state index < -0.39 is 0 Å². The number of fused-ring (bicyclic) bond motifs is 4. The van der Waals surface area contributed by atoms with Crippen LogP contribution in [0.3, 0.4) is 0 Å². The van der Waals surface area contributed by atoms with E-state index in [-0.39, 0.29) is 6.04 Å². The van der Waals surface area contributed by atoms with Gasteiger partial charge in [0.05, 0.1) is 22.8 Å². The molecule has 0 spiro atoms. The number of hydrogen-bond acceptors (Lipinski definition) is 1. The van der Waals surface area contributed by atoms with Gasteiger partial charge in [-0.2, -0.15) is 0 Å². The second-order valence-corrected chi connectivity index (χ2v) is 17.1. The Kier molecular flexibility index (Phi) is 10.0. The van der Waals surface area contributed by atoms with Crippen LogP contribution < -0.4 is 4.90 Å². The van der Waals surface area contributed by atoms with Crippen LogP contribution in [0.2, 0.25) is 0 Å². The quantitative estimate of drug-likeness (QED) is 0.141. The van der Waals surface area contributed by atoms with Crippen molar-refractivity contribution in [1.82, 2.24) is 4.57 Å². The number of anilines is 2. The van der Waals surface area contributed by atoms with Crippen molar-refractivity contribution >= 4 is 49.5 Å². The van der Waals surface area contributed by atoms with Crippen LogP contribution in [-0.4, -0.2) is 10.6 Å². The van der Waals surface area contributed by atoms with Crippen molar-refractivity contribution in [1.29, 1.82) is 0 Å². The first kappa shape index (κ1) is 39.2. The molecule has 1 aliphatic rings. The van der Waals surface area contributed by atoms with Crippen molar-refractivity contribution in [3.63, 3.8) is 0 Å². The van der Waals surface area contributed by atoms with E-state index in [0.29, 0.717) is 0 Å². The monoisotopic (exact) mass is 842 g/mol. The van der Waals surface area contributed by atoms with Crippen LogP contribution in [0.15, 0.2) is 261 Å². The van der Waals surface area contributed by atoms with Gasteiger partial charge in [-0.25, -0.2) is 0 Å². The normalized spacial score (nSPS) is 13.6. The molecule has 11 aromatic rings. The molecule has 0 amide bonds. The second kappa shape index (κ2) is 16.9. The summed E-state index contributed by atoms with van der Waals surface area (Å²) in [5.41, 5.74) is 17.9. The number of allylic oxidation sites excluding steroid dienone is 2. The average molecular weight is 843 g/mol. The lowest BCUT2D eigenvalue weighted by molar-refractivity contribution is 0.805. The molecule has 1 aromatic heterocycles. The molecule has 312 valence electrons. The fourth-order valence-electron chi connectivity index (χ4n) is 10.5. The average Bonchev–Trinajstić information content (AvgIpc) is 3.74. The maximum absolute atomic E-state index is 2.68. The number of aromatic nitrogens is 1. The van der Waals surface area contributed by atoms with Gasteiger partial charge >= 0.3 is 0 Å². The Labute approximate surface area is 386 Å². The van der Waals surface area contributed by atoms with E-state index in [1.54, 1.807) is 0 Å². The highest BCUT2D eigenvalue weighted by Crippen LogP contribution is 2.49. The summed E-state index contributed by atoms with van der Waals surface area (Å²) in [6.45, 7) is 0. The van der Waals surface area contributed by atoms with E-state index in [2.05, 4.69) is 270 Å². The fourth-order valence-corrected chi connectivity index (χ4v) is 10.5. The van der Waals surface area contributed by atoms with E-state index in [0.717, 1.165) is 23.5 Å². The summed E-state index contributed by atoms with van der Waals surface area (Å²) in [7, 11) is 0. The number of rotatable bonds is 9. The van der Waals surface area contributed by atoms with E-state index >= 15 is 0 Å². The van der Waals surface area contributed by atoms with Crippen LogP contribution in [0.25, 0.3) is 88.3 Å². The van der Waals surface area contributed by atoms with Gasteiger partial charge in [-0.3, -0.25) is 0 Å². The molecule has 0 fully saturated rings. The van der Waals surface area contributed by atoms with Gasteiger partial charge in [0.15, 0.2) is 0 Å². The minimum absolute atomic E-state index is 0.0813. The molecule has 2 nitrogen and oxygen atoms in total. The van der Waals surface area contributed by atoms with Gasteiger partial charge in [-0.1, -0.05) is 231 Å². The summed E-state index contributed by atoms with van der Waals surface area (Å²) in [5.74, 6) is 0. The Hall–Kier alpha value is -8.46. The lowest BCUT2D eigenvalue weighted by Gasteiger charge is -2.38. The van der Waals surface area contributed by atoms with E-state index in [4.69, 9.17) is 0 Å². The lowest BCUT2D eigenvalue weighted by Crippen LogP contribution is -2.33. The van der Waals surface area contributed by atoms with Gasteiger partial charge in [-0.05, 0) is 97.6 Å². The number of benzene rings is 10. The molecule has 0 saturated heterocycles. The van der Waals surface area contributed by atoms with Gasteiger partial charge in [0.1, 0.15) is 0 Å². The summed E-state index contributed by atoms with van der Waals surface area (Å²) < 4.78 is 2.48. The predicted octanol–water partition coefficient (Wildman–Crippen LogP) is 17.2. The van der Waals surface area contributed by atoms with E-state index in [1.807, 2.05) is 0 Å². The highest BCUT2D eigenvalue weighted by molar-refractivity contribution is 6.15. The van der Waals surface area contributed by atoms with E-state index in [9.17, 15) is 0 Å². The maximum atomic E-state index is 2.68. The first-order valence-corrected chi connectivity index (χ1v) is 23.0. The van der Waals surface area contributed by atoms with Crippen molar-refractivity contribution in [2.45, 2.75) is 12.5 Å². The SMILES string of the molecule is C1=CCC(N(c2ccccc2-c2ccccc2-c2ccccc2-c2ccccc2)c2cccc3c4ccccc4n(-c4ccccc4)c23)C(c2cccc3cccc(-c4ccccc4)c23)=C1. The second-order valence-electron chi connectivity index (χ2n) is 17.1. The van der Waals surface area contributed by atoms with Gasteiger partial charge < -0.3 is 9.47 Å². The van der Waals surface area contributed by atoms with Gasteiger partial charge in [0, 0.05) is 27.7 Å². The molecule has 0 bridgehead atoms. The van der Waals surface area contributed by atoms with Gasteiger partial charge in [0.25, 0.3) is 0 Å². The van der Waals surface area contributed by atoms with Gasteiger partial charge in [0.2, 0.25) is 0 Å². The van der Waals surface area contributed by atoms with Crippen LogP contribution in [0.5, 0.6) is 0 Å². The van der Waals surface area contributed by atoms with Crippen LogP contribution >= 0.6 is 0 Å². The molecule has 0 radical (unpaired) electrons. The minimum atomic E-state index is -0.0813. The van der Waals surface area contributed by atoms with Crippen LogP contribution in [0.1, 0.15) is 12.0 Å². The zero-order valence-corrected chi connectivity index (χ0v) is 36.5. The summed E-state index contributed by atoms with van der Waals surface area (Å²) >= 11 is 0. The summed E-state index contributed by atoms with van der Waals surface area (Å²) in [5, 5.41) is 4.95. The molecule has 12 rings (SSSR count). The predicted molar refractivity (Wildman–Crippen MR) is 281 cm³/mol. The maximum Gasteiger partial charge on any atom is 0.0779 e. The van der Waals surface area contributed by atoms with Crippen LogP contribution in [0.4, 0.5) is 11.4 Å². The van der Waals surface area contributed by atoms with Crippen molar-refractivity contribution in [2.75, 3.05) is 4.90 Å². The lowest BCUT2D eigenvalue weighted by atomic mass is 9.84. The number of nitrogens with zero attached hydrogens (tertiary/aromatic N) is 2. The highest BCUT2D eigenvalue weighted by Gasteiger charge is 2.32. The molecule has 1 atom stereocenters. The molecule has 0 aliphatic heterocycles. The smallest absolute Gasteiger partial charge is 0.0779 e. The topological polar surface area (TPSA) is 8.17 Å². The van der Waals surface area contributed by atoms with Crippen LogP contribution in [0, 0.1) is 0 Å². The van der Waals surface area contributed by atoms with Gasteiger partial charge in [-0.15, -0.1) is 0 Å². The molecule has 1 heterocycles. The van der Waals surface area contributed by atoms with Crippen LogP contribution in [-0.2, 0) is 0 Å². The highest BCUT2D eigenvalue weighted by atomic mass is 15.2. The summed E-state index contributed by atoms with van der Waals surface area (Å²) in [4.78, 5) is 2.68. The zero-order chi connectivity index (χ0) is 43.8. The molecule has 1 aliphatic carbocycles. The minimum Gasteiger partial charge on any atom is -0.331 e. The Morgan fingerprint density at radius 2 is 0.879 bits per heavy atom. The molecular formula is C64H46N2. The number of hydrogen-bond donors (Lipinski definition) is 0. The largest absolute Gasteiger partial charge is 0.331 e. The summed E-state index contributed by atoms with van der Waals surface area (Å²) in [6.07, 6.45) is 7.79. The molecule has 10 aromatic carbocycles. The van der Waals surface area contributed by atoms with Crippen molar-refractivity contribution < 1.29 is 0 Å². The first-order chi connectivity index (χ1) is 32.8. The zero-order valence-electron chi connectivity index (χ0n) is 36.5. The van der Waals surface area contributed by atoms with Crippen molar-refractivity contribution in [3.8, 4) is 50.2 Å². The Bertz CT molecular complexity index is 3610. The molecule has 1 unspecified atom stereocenters. The van der Waals surface area contributed by atoms with E-state index in [1.165, 1.54) is 88.2 Å².